The van der Waals surface area contributed by atoms with Gasteiger partial charge in [0.25, 0.3) is 0 Å². The quantitative estimate of drug-likeness (QED) is 0.773. The predicted octanol–water partition coefficient (Wildman–Crippen LogP) is 1.80. The molecule has 0 aliphatic heterocycles. The Balaban J connectivity index is 2.81. The molecular formula is C10H17ClN4O. The SMILES string of the molecule is COCC(Nc1ncnc(Cl)c1N)C(C)C. The third-order valence-corrected chi connectivity index (χ3v) is 2.61. The Bertz CT molecular complexity index is 346. The second-order valence-corrected chi connectivity index (χ2v) is 4.23. The number of aromatic nitrogens is 2. The lowest BCUT2D eigenvalue weighted by molar-refractivity contribution is 0.171. The Kier molecular flexibility index (Phi) is 4.76. The number of hydrogen-bond acceptors (Lipinski definition) is 5. The molecule has 0 fully saturated rings. The summed E-state index contributed by atoms with van der Waals surface area (Å²) < 4.78 is 5.13. The summed E-state index contributed by atoms with van der Waals surface area (Å²) in [5.41, 5.74) is 6.13. The van der Waals surface area contributed by atoms with Gasteiger partial charge in [0, 0.05) is 7.11 Å². The molecule has 90 valence electrons. The minimum atomic E-state index is 0.137. The Morgan fingerprint density at radius 1 is 1.50 bits per heavy atom. The van der Waals surface area contributed by atoms with Gasteiger partial charge in [-0.25, -0.2) is 9.97 Å². The Labute approximate surface area is 100 Å². The van der Waals surface area contributed by atoms with E-state index in [-0.39, 0.29) is 11.2 Å². The highest BCUT2D eigenvalue weighted by Crippen LogP contribution is 2.23. The van der Waals surface area contributed by atoms with Crippen LogP contribution in [0.4, 0.5) is 11.5 Å². The van der Waals surface area contributed by atoms with Gasteiger partial charge in [-0.05, 0) is 5.92 Å². The van der Waals surface area contributed by atoms with E-state index in [1.807, 2.05) is 0 Å². The Morgan fingerprint density at radius 2 is 2.19 bits per heavy atom. The molecule has 0 aliphatic carbocycles. The second-order valence-electron chi connectivity index (χ2n) is 3.88. The summed E-state index contributed by atoms with van der Waals surface area (Å²) in [5, 5.41) is 3.46. The van der Waals surface area contributed by atoms with E-state index in [1.165, 1.54) is 6.33 Å². The topological polar surface area (TPSA) is 73.1 Å². The minimum Gasteiger partial charge on any atom is -0.393 e. The first-order valence-corrected chi connectivity index (χ1v) is 5.45. The minimum absolute atomic E-state index is 0.137. The van der Waals surface area contributed by atoms with Gasteiger partial charge in [0.1, 0.15) is 12.0 Å². The smallest absolute Gasteiger partial charge is 0.157 e. The van der Waals surface area contributed by atoms with Crippen molar-refractivity contribution in [1.29, 1.82) is 0 Å². The number of nitrogen functional groups attached to an aromatic ring is 1. The molecule has 1 rings (SSSR count). The number of nitrogens with one attached hydrogen (secondary N) is 1. The fourth-order valence-electron chi connectivity index (χ4n) is 1.25. The van der Waals surface area contributed by atoms with Crippen LogP contribution >= 0.6 is 11.6 Å². The van der Waals surface area contributed by atoms with Crippen LogP contribution in [0.2, 0.25) is 5.15 Å². The van der Waals surface area contributed by atoms with E-state index in [2.05, 4.69) is 29.1 Å². The van der Waals surface area contributed by atoms with Crippen molar-refractivity contribution >= 4 is 23.1 Å². The van der Waals surface area contributed by atoms with Crippen LogP contribution in [0.15, 0.2) is 6.33 Å². The van der Waals surface area contributed by atoms with Crippen molar-refractivity contribution in [3.8, 4) is 0 Å². The summed E-state index contributed by atoms with van der Waals surface area (Å²) in [6.45, 7) is 4.77. The lowest BCUT2D eigenvalue weighted by Gasteiger charge is -2.22. The number of ether oxygens (including phenoxy) is 1. The van der Waals surface area contributed by atoms with Crippen molar-refractivity contribution in [3.63, 3.8) is 0 Å². The highest BCUT2D eigenvalue weighted by Gasteiger charge is 2.15. The van der Waals surface area contributed by atoms with E-state index in [0.29, 0.717) is 24.0 Å². The lowest BCUT2D eigenvalue weighted by atomic mass is 10.1. The maximum Gasteiger partial charge on any atom is 0.157 e. The number of nitrogens with zero attached hydrogens (tertiary/aromatic N) is 2. The summed E-state index contributed by atoms with van der Waals surface area (Å²) in [6, 6.07) is 0.137. The first-order chi connectivity index (χ1) is 7.56. The van der Waals surface area contributed by atoms with Crippen LogP contribution in [-0.2, 0) is 4.74 Å². The van der Waals surface area contributed by atoms with Crippen LogP contribution in [0.25, 0.3) is 0 Å². The zero-order valence-electron chi connectivity index (χ0n) is 9.70. The van der Waals surface area contributed by atoms with Crippen molar-refractivity contribution in [2.24, 2.45) is 5.92 Å². The summed E-state index contributed by atoms with van der Waals surface area (Å²) in [6.07, 6.45) is 1.38. The molecule has 1 aromatic heterocycles. The maximum absolute atomic E-state index is 5.81. The Morgan fingerprint density at radius 3 is 2.75 bits per heavy atom. The van der Waals surface area contributed by atoms with Crippen LogP contribution in [0.1, 0.15) is 13.8 Å². The average molecular weight is 245 g/mol. The van der Waals surface area contributed by atoms with Gasteiger partial charge in [-0.1, -0.05) is 25.4 Å². The van der Waals surface area contributed by atoms with Crippen LogP contribution in [-0.4, -0.2) is 29.7 Å². The highest BCUT2D eigenvalue weighted by atomic mass is 35.5. The largest absolute Gasteiger partial charge is 0.393 e. The molecule has 0 aromatic carbocycles. The fourth-order valence-corrected chi connectivity index (χ4v) is 1.38. The van der Waals surface area contributed by atoms with Crippen LogP contribution in [0, 0.1) is 5.92 Å². The molecule has 1 atom stereocenters. The first kappa shape index (κ1) is 13.0. The van der Waals surface area contributed by atoms with Gasteiger partial charge in [-0.15, -0.1) is 0 Å². The van der Waals surface area contributed by atoms with Gasteiger partial charge in [-0.3, -0.25) is 0 Å². The maximum atomic E-state index is 5.81. The summed E-state index contributed by atoms with van der Waals surface area (Å²) in [5.74, 6) is 0.948. The summed E-state index contributed by atoms with van der Waals surface area (Å²) in [4.78, 5) is 7.85. The van der Waals surface area contributed by atoms with Crippen molar-refractivity contribution in [2.45, 2.75) is 19.9 Å². The van der Waals surface area contributed by atoms with Gasteiger partial charge in [0.15, 0.2) is 11.0 Å². The fraction of sp³-hybridized carbons (Fsp3) is 0.600. The van der Waals surface area contributed by atoms with Crippen molar-refractivity contribution < 1.29 is 4.74 Å². The van der Waals surface area contributed by atoms with Gasteiger partial charge in [-0.2, -0.15) is 0 Å². The molecule has 0 amide bonds. The standard InChI is InChI=1S/C10H17ClN4O/c1-6(2)7(4-16-3)15-10-8(12)9(11)13-5-14-10/h5-7H,4,12H2,1-3H3,(H,13,14,15). The van der Waals surface area contributed by atoms with Gasteiger partial charge >= 0.3 is 0 Å². The number of nitrogens with two attached hydrogens (primary N) is 1. The molecule has 6 heteroatoms. The van der Waals surface area contributed by atoms with Crippen LogP contribution in [0.3, 0.4) is 0 Å². The van der Waals surface area contributed by atoms with Gasteiger partial charge < -0.3 is 15.8 Å². The number of rotatable bonds is 5. The zero-order chi connectivity index (χ0) is 12.1. The number of methoxy groups -OCH3 is 1. The summed E-state index contributed by atoms with van der Waals surface area (Å²) in [7, 11) is 1.66. The molecule has 1 unspecified atom stereocenters. The molecule has 5 nitrogen and oxygen atoms in total. The number of hydrogen-bond donors (Lipinski definition) is 2. The van der Waals surface area contributed by atoms with E-state index in [0.717, 1.165) is 0 Å². The molecule has 16 heavy (non-hydrogen) atoms. The molecule has 1 heterocycles. The van der Waals surface area contributed by atoms with Gasteiger partial charge in [0.05, 0.1) is 12.6 Å². The molecule has 0 spiro atoms. The van der Waals surface area contributed by atoms with Crippen molar-refractivity contribution in [2.75, 3.05) is 24.8 Å². The van der Waals surface area contributed by atoms with Crippen LogP contribution in [0.5, 0.6) is 0 Å². The average Bonchev–Trinajstić information content (AvgIpc) is 2.23. The molecule has 0 radical (unpaired) electrons. The zero-order valence-corrected chi connectivity index (χ0v) is 10.5. The van der Waals surface area contributed by atoms with E-state index in [4.69, 9.17) is 22.1 Å². The van der Waals surface area contributed by atoms with E-state index in [1.54, 1.807) is 7.11 Å². The van der Waals surface area contributed by atoms with E-state index < -0.39 is 0 Å². The molecule has 3 N–H and O–H groups in total. The normalized spacial score (nSPS) is 12.8. The Hall–Kier alpha value is -1.07. The van der Waals surface area contributed by atoms with Gasteiger partial charge in [0.2, 0.25) is 0 Å². The second kappa shape index (κ2) is 5.86. The van der Waals surface area contributed by atoms with Crippen molar-refractivity contribution in [3.05, 3.63) is 11.5 Å². The molecular weight excluding hydrogens is 228 g/mol. The van der Waals surface area contributed by atoms with E-state index in [9.17, 15) is 0 Å². The molecule has 1 aromatic rings. The molecule has 0 saturated carbocycles. The molecule has 0 aliphatic rings. The monoisotopic (exact) mass is 244 g/mol. The number of anilines is 2. The van der Waals surface area contributed by atoms with E-state index >= 15 is 0 Å². The van der Waals surface area contributed by atoms with Crippen molar-refractivity contribution in [1.82, 2.24) is 9.97 Å². The van der Waals surface area contributed by atoms with Crippen LogP contribution < -0.4 is 11.1 Å². The predicted molar refractivity (Wildman–Crippen MR) is 65.6 cm³/mol. The highest BCUT2D eigenvalue weighted by molar-refractivity contribution is 6.32. The first-order valence-electron chi connectivity index (χ1n) is 5.07. The third kappa shape index (κ3) is 3.21. The lowest BCUT2D eigenvalue weighted by Crippen LogP contribution is -2.31. The third-order valence-electron chi connectivity index (χ3n) is 2.31. The summed E-state index contributed by atoms with van der Waals surface area (Å²) >= 11 is 5.81. The number of halogens is 1. The molecule has 0 bridgehead atoms. The molecule has 0 saturated heterocycles.